The van der Waals surface area contributed by atoms with Crippen molar-refractivity contribution in [2.24, 2.45) is 0 Å². The fourth-order valence-corrected chi connectivity index (χ4v) is 4.44. The van der Waals surface area contributed by atoms with Crippen molar-refractivity contribution in [2.75, 3.05) is 6.54 Å². The van der Waals surface area contributed by atoms with Gasteiger partial charge in [0.2, 0.25) is 23.6 Å². The molecule has 41 heavy (non-hydrogen) atoms. The molecule has 10 nitrogen and oxygen atoms in total. The molecule has 1 aromatic heterocycles. The molecule has 0 spiro atoms. The molecule has 4 rings (SSSR count). The lowest BCUT2D eigenvalue weighted by Gasteiger charge is -2.21. The zero-order valence-corrected chi connectivity index (χ0v) is 22.4. The third kappa shape index (κ3) is 7.96. The molecular formula is C29H31F2N5O5. The summed E-state index contributed by atoms with van der Waals surface area (Å²) in [6.07, 6.45) is 2.07. The summed E-state index contributed by atoms with van der Waals surface area (Å²) in [5, 5.41) is 10.8. The lowest BCUT2D eigenvalue weighted by atomic mass is 10.0. The number of carbonyl (C=O) groups excluding carboxylic acids is 4. The molecule has 2 heterocycles. The van der Waals surface area contributed by atoms with Gasteiger partial charge in [0.05, 0.1) is 6.42 Å². The zero-order valence-electron chi connectivity index (χ0n) is 22.4. The van der Waals surface area contributed by atoms with Crippen molar-refractivity contribution < 1.29 is 32.4 Å². The number of nitrogens with one attached hydrogen (secondary N) is 4. The number of halogens is 2. The summed E-state index contributed by atoms with van der Waals surface area (Å²) in [5.41, 5.74) is 0.653. The van der Waals surface area contributed by atoms with E-state index < -0.39 is 53.9 Å². The van der Waals surface area contributed by atoms with Gasteiger partial charge < -0.3 is 25.7 Å². The molecule has 1 aliphatic heterocycles. The fourth-order valence-electron chi connectivity index (χ4n) is 4.44. The minimum Gasteiger partial charge on any atom is -0.446 e. The van der Waals surface area contributed by atoms with Crippen LogP contribution in [0, 0.1) is 11.6 Å². The Labute approximate surface area is 235 Å². The summed E-state index contributed by atoms with van der Waals surface area (Å²) in [5.74, 6) is -4.35. The van der Waals surface area contributed by atoms with E-state index >= 15 is 0 Å². The molecule has 2 aromatic carbocycles. The monoisotopic (exact) mass is 567 g/mol. The summed E-state index contributed by atoms with van der Waals surface area (Å²) in [4.78, 5) is 55.9. The Bertz CT molecular complexity index is 1400. The number of benzene rings is 2. The molecule has 216 valence electrons. The standard InChI is InChI=1S/C29H31F2N5O5/c1-17-29-36-23(16-41-29)28(40)35-22(14-18-8-3-2-4-9-18)26(38)32-13-6-5-12-21(27(39)33-17)34-24(37)15-19-10-7-11-20(30)25(19)31/h2-4,7-11,16-17,21-22H,5-6,12-15H2,1H3,(H,32,38)(H,33,39)(H,34,37)(H,35,40)/t17-,21-,22-/m0/s1. The summed E-state index contributed by atoms with van der Waals surface area (Å²) < 4.78 is 33.1. The smallest absolute Gasteiger partial charge is 0.273 e. The number of nitrogens with zero attached hydrogens (tertiary/aromatic N) is 1. The largest absolute Gasteiger partial charge is 0.446 e. The number of carbonyl (C=O) groups is 4. The molecule has 1 aliphatic rings. The van der Waals surface area contributed by atoms with Crippen LogP contribution in [0.2, 0.25) is 0 Å². The Kier molecular flexibility index (Phi) is 9.77. The molecule has 3 aromatic rings. The van der Waals surface area contributed by atoms with Crippen molar-refractivity contribution >= 4 is 23.6 Å². The Morgan fingerprint density at radius 2 is 1.80 bits per heavy atom. The van der Waals surface area contributed by atoms with Gasteiger partial charge in [-0.25, -0.2) is 13.8 Å². The van der Waals surface area contributed by atoms with Crippen molar-refractivity contribution in [2.45, 2.75) is 57.2 Å². The van der Waals surface area contributed by atoms with E-state index in [-0.39, 0.29) is 42.4 Å². The molecule has 0 fully saturated rings. The van der Waals surface area contributed by atoms with Gasteiger partial charge in [-0.15, -0.1) is 0 Å². The van der Waals surface area contributed by atoms with E-state index in [2.05, 4.69) is 26.3 Å². The Morgan fingerprint density at radius 1 is 1.02 bits per heavy atom. The van der Waals surface area contributed by atoms with Crippen LogP contribution in [0.15, 0.2) is 59.2 Å². The summed E-state index contributed by atoms with van der Waals surface area (Å²) in [7, 11) is 0. The molecule has 12 heteroatoms. The second-order valence-corrected chi connectivity index (χ2v) is 9.81. The Balaban J connectivity index is 1.49. The Morgan fingerprint density at radius 3 is 2.59 bits per heavy atom. The first-order valence-electron chi connectivity index (χ1n) is 13.3. The molecule has 0 saturated heterocycles. The molecule has 4 amide bonds. The third-order valence-corrected chi connectivity index (χ3v) is 6.64. The number of amides is 4. The second-order valence-electron chi connectivity index (χ2n) is 9.81. The van der Waals surface area contributed by atoms with Crippen molar-refractivity contribution in [1.29, 1.82) is 0 Å². The number of rotatable bonds is 5. The molecule has 2 bridgehead atoms. The van der Waals surface area contributed by atoms with E-state index in [1.54, 1.807) is 6.92 Å². The second kappa shape index (κ2) is 13.6. The van der Waals surface area contributed by atoms with Crippen molar-refractivity contribution in [3.63, 3.8) is 0 Å². The quantitative estimate of drug-likeness (QED) is 0.373. The maximum absolute atomic E-state index is 14.1. The van der Waals surface area contributed by atoms with Crippen LogP contribution < -0.4 is 21.3 Å². The van der Waals surface area contributed by atoms with Crippen LogP contribution in [0.4, 0.5) is 8.78 Å². The fraction of sp³-hybridized carbons (Fsp3) is 0.345. The summed E-state index contributed by atoms with van der Waals surface area (Å²) in [6.45, 7) is 1.86. The topological polar surface area (TPSA) is 142 Å². The molecule has 0 saturated carbocycles. The third-order valence-electron chi connectivity index (χ3n) is 6.64. The van der Waals surface area contributed by atoms with Gasteiger partial charge in [0.25, 0.3) is 5.91 Å². The van der Waals surface area contributed by atoms with Gasteiger partial charge in [0, 0.05) is 18.5 Å². The molecule has 3 atom stereocenters. The first kappa shape index (κ1) is 29.4. The normalized spacial score (nSPS) is 20.5. The number of hydrogen-bond donors (Lipinski definition) is 4. The summed E-state index contributed by atoms with van der Waals surface area (Å²) >= 11 is 0. The van der Waals surface area contributed by atoms with E-state index in [4.69, 9.17) is 4.42 Å². The summed E-state index contributed by atoms with van der Waals surface area (Å²) in [6, 6.07) is 10.2. The van der Waals surface area contributed by atoms with Crippen LogP contribution in [0.5, 0.6) is 0 Å². The zero-order chi connectivity index (χ0) is 29.4. The molecular weight excluding hydrogens is 536 g/mol. The van der Waals surface area contributed by atoms with Crippen LogP contribution in [-0.4, -0.2) is 47.2 Å². The minimum absolute atomic E-state index is 0.0477. The number of fused-ring (bicyclic) bond motifs is 2. The lowest BCUT2D eigenvalue weighted by Crippen LogP contribution is -2.49. The van der Waals surface area contributed by atoms with Gasteiger partial charge in [0.1, 0.15) is 24.4 Å². The Hall–Kier alpha value is -4.61. The molecule has 0 radical (unpaired) electrons. The van der Waals surface area contributed by atoms with Gasteiger partial charge >= 0.3 is 0 Å². The van der Waals surface area contributed by atoms with Gasteiger partial charge in [0.15, 0.2) is 17.3 Å². The van der Waals surface area contributed by atoms with E-state index in [0.717, 1.165) is 17.9 Å². The van der Waals surface area contributed by atoms with E-state index in [0.29, 0.717) is 12.8 Å². The van der Waals surface area contributed by atoms with Crippen LogP contribution in [0.1, 0.15) is 59.7 Å². The van der Waals surface area contributed by atoms with Crippen molar-refractivity contribution in [3.8, 4) is 0 Å². The maximum Gasteiger partial charge on any atom is 0.273 e. The van der Waals surface area contributed by atoms with Crippen LogP contribution in [-0.2, 0) is 27.2 Å². The predicted molar refractivity (Wildman–Crippen MR) is 143 cm³/mol. The van der Waals surface area contributed by atoms with Gasteiger partial charge in [-0.05, 0) is 37.8 Å². The van der Waals surface area contributed by atoms with Crippen molar-refractivity contribution in [3.05, 3.63) is 89.1 Å². The SMILES string of the molecule is C[C@@H]1NC(=O)[C@@H](NC(=O)Cc2cccc(F)c2F)CCCCNC(=O)[C@H](Cc2ccccc2)NC(=O)c2coc1n2. The highest BCUT2D eigenvalue weighted by atomic mass is 19.2. The van der Waals surface area contributed by atoms with Gasteiger partial charge in [-0.2, -0.15) is 0 Å². The highest BCUT2D eigenvalue weighted by molar-refractivity contribution is 5.96. The number of oxazole rings is 1. The predicted octanol–water partition coefficient (Wildman–Crippen LogP) is 2.50. The first-order chi connectivity index (χ1) is 19.7. The van der Waals surface area contributed by atoms with Crippen LogP contribution in [0.25, 0.3) is 0 Å². The van der Waals surface area contributed by atoms with E-state index in [1.807, 2.05) is 30.3 Å². The average molecular weight is 568 g/mol. The molecule has 0 aliphatic carbocycles. The highest BCUT2D eigenvalue weighted by Crippen LogP contribution is 2.15. The van der Waals surface area contributed by atoms with Crippen LogP contribution in [0.3, 0.4) is 0 Å². The maximum atomic E-state index is 14.1. The van der Waals surface area contributed by atoms with Crippen LogP contribution >= 0.6 is 0 Å². The molecule has 0 unspecified atom stereocenters. The highest BCUT2D eigenvalue weighted by Gasteiger charge is 2.27. The lowest BCUT2D eigenvalue weighted by molar-refractivity contribution is -0.129. The molecule has 4 N–H and O–H groups in total. The van der Waals surface area contributed by atoms with E-state index in [9.17, 15) is 28.0 Å². The van der Waals surface area contributed by atoms with Crippen molar-refractivity contribution in [1.82, 2.24) is 26.3 Å². The minimum atomic E-state index is -1.12. The van der Waals surface area contributed by atoms with Gasteiger partial charge in [-0.1, -0.05) is 42.5 Å². The number of aromatic nitrogens is 1. The van der Waals surface area contributed by atoms with E-state index in [1.165, 1.54) is 12.1 Å². The average Bonchev–Trinajstić information content (AvgIpc) is 3.45. The number of hydrogen-bond acceptors (Lipinski definition) is 6. The first-order valence-corrected chi connectivity index (χ1v) is 13.3. The van der Waals surface area contributed by atoms with Gasteiger partial charge in [-0.3, -0.25) is 19.2 Å².